The lowest BCUT2D eigenvalue weighted by molar-refractivity contribution is -0.139. The number of methoxy groups -OCH3 is 1. The van der Waals surface area contributed by atoms with Gasteiger partial charge in [-0.3, -0.25) is 19.7 Å². The fourth-order valence-electron chi connectivity index (χ4n) is 1.42. The van der Waals surface area contributed by atoms with Crippen LogP contribution in [0.2, 0.25) is 0 Å². The molecule has 2 rings (SSSR count). The maximum atomic E-state index is 11.9. The summed E-state index contributed by atoms with van der Waals surface area (Å²) >= 11 is 1.17. The molecule has 0 unspecified atom stereocenters. The Balaban J connectivity index is 2.07. The number of nitrogens with one attached hydrogen (secondary N) is 2. The Kier molecular flexibility index (Phi) is 4.26. The molecule has 0 spiro atoms. The third kappa shape index (κ3) is 3.29. The van der Waals surface area contributed by atoms with Crippen LogP contribution in [-0.2, 0) is 16.0 Å². The number of H-pyrrole nitrogens is 1. The van der Waals surface area contributed by atoms with E-state index in [2.05, 4.69) is 20.0 Å². The smallest absolute Gasteiger partial charge is 0.311 e. The summed E-state index contributed by atoms with van der Waals surface area (Å²) in [5, 5.41) is 4.46. The minimum Gasteiger partial charge on any atom is -0.469 e. The summed E-state index contributed by atoms with van der Waals surface area (Å²) in [6.07, 6.45) is 2.80. The molecule has 0 saturated carbocycles. The number of aromatic amines is 1. The van der Waals surface area contributed by atoms with Gasteiger partial charge in [-0.15, -0.1) is 11.3 Å². The van der Waals surface area contributed by atoms with Crippen LogP contribution >= 0.6 is 11.3 Å². The molecule has 2 aromatic rings. The van der Waals surface area contributed by atoms with Gasteiger partial charge in [0.15, 0.2) is 10.6 Å². The first-order valence-corrected chi connectivity index (χ1v) is 6.48. The average molecular weight is 293 g/mol. The Bertz CT molecular complexity index is 692. The van der Waals surface area contributed by atoms with Gasteiger partial charge in [-0.05, 0) is 0 Å². The molecule has 0 aliphatic rings. The summed E-state index contributed by atoms with van der Waals surface area (Å²) in [7, 11) is 1.29. The van der Waals surface area contributed by atoms with E-state index in [1.807, 2.05) is 0 Å². The van der Waals surface area contributed by atoms with Crippen molar-refractivity contribution in [2.75, 3.05) is 12.4 Å². The van der Waals surface area contributed by atoms with E-state index in [4.69, 9.17) is 0 Å². The van der Waals surface area contributed by atoms with E-state index in [-0.39, 0.29) is 17.4 Å². The van der Waals surface area contributed by atoms with Crippen molar-refractivity contribution in [3.05, 3.63) is 45.3 Å². The molecule has 0 bridgehead atoms. The number of amides is 1. The van der Waals surface area contributed by atoms with Gasteiger partial charge in [0.05, 0.1) is 19.2 Å². The molecule has 8 heteroatoms. The molecule has 20 heavy (non-hydrogen) atoms. The Hall–Kier alpha value is -2.48. The van der Waals surface area contributed by atoms with Crippen molar-refractivity contribution in [3.8, 4) is 0 Å². The van der Waals surface area contributed by atoms with E-state index in [1.54, 1.807) is 5.38 Å². The monoisotopic (exact) mass is 293 g/mol. The predicted molar refractivity (Wildman–Crippen MR) is 72.8 cm³/mol. The SMILES string of the molecule is COC(=O)Cc1csc(NC(=O)c2c[nH]ccc2=O)n1. The lowest BCUT2D eigenvalue weighted by Crippen LogP contribution is -2.20. The maximum Gasteiger partial charge on any atom is 0.311 e. The third-order valence-corrected chi connectivity index (χ3v) is 3.20. The molecule has 0 saturated heterocycles. The lowest BCUT2D eigenvalue weighted by Gasteiger charge is -2.00. The number of nitrogens with zero attached hydrogens (tertiary/aromatic N) is 1. The Morgan fingerprint density at radius 2 is 2.30 bits per heavy atom. The summed E-state index contributed by atoms with van der Waals surface area (Å²) in [4.78, 5) is 41.2. The molecule has 0 atom stereocenters. The lowest BCUT2D eigenvalue weighted by atomic mass is 10.2. The van der Waals surface area contributed by atoms with Gasteiger partial charge >= 0.3 is 5.97 Å². The van der Waals surface area contributed by atoms with Crippen LogP contribution in [0.4, 0.5) is 5.13 Å². The molecule has 2 aromatic heterocycles. The summed E-state index contributed by atoms with van der Waals surface area (Å²) in [5.41, 5.74) is 0.115. The number of esters is 1. The van der Waals surface area contributed by atoms with Crippen LogP contribution < -0.4 is 10.7 Å². The number of anilines is 1. The van der Waals surface area contributed by atoms with Crippen LogP contribution in [0.25, 0.3) is 0 Å². The highest BCUT2D eigenvalue weighted by Crippen LogP contribution is 2.16. The first kappa shape index (κ1) is 13.9. The van der Waals surface area contributed by atoms with Gasteiger partial charge in [0.25, 0.3) is 5.91 Å². The van der Waals surface area contributed by atoms with Crippen LogP contribution in [0.3, 0.4) is 0 Å². The molecular formula is C12H11N3O4S. The number of carbonyl (C=O) groups excluding carboxylic acids is 2. The van der Waals surface area contributed by atoms with Crippen molar-refractivity contribution >= 4 is 28.3 Å². The molecule has 104 valence electrons. The largest absolute Gasteiger partial charge is 0.469 e. The minimum atomic E-state index is -0.550. The van der Waals surface area contributed by atoms with Gasteiger partial charge in [0.2, 0.25) is 0 Å². The van der Waals surface area contributed by atoms with Crippen molar-refractivity contribution in [1.82, 2.24) is 9.97 Å². The van der Waals surface area contributed by atoms with Crippen LogP contribution in [0.15, 0.2) is 28.6 Å². The van der Waals surface area contributed by atoms with Crippen molar-refractivity contribution in [3.63, 3.8) is 0 Å². The molecule has 2 heterocycles. The first-order chi connectivity index (χ1) is 9.60. The number of thiazole rings is 1. The first-order valence-electron chi connectivity index (χ1n) is 5.60. The van der Waals surface area contributed by atoms with Gasteiger partial charge < -0.3 is 9.72 Å². The second kappa shape index (κ2) is 6.11. The number of hydrogen-bond donors (Lipinski definition) is 2. The highest BCUT2D eigenvalue weighted by Gasteiger charge is 2.13. The molecule has 0 radical (unpaired) electrons. The van der Waals surface area contributed by atoms with E-state index in [9.17, 15) is 14.4 Å². The fourth-order valence-corrected chi connectivity index (χ4v) is 2.13. The molecule has 0 aliphatic carbocycles. The van der Waals surface area contributed by atoms with Crippen LogP contribution in [-0.4, -0.2) is 29.0 Å². The van der Waals surface area contributed by atoms with E-state index in [0.29, 0.717) is 10.8 Å². The molecule has 1 amide bonds. The Morgan fingerprint density at radius 3 is 3.00 bits per heavy atom. The van der Waals surface area contributed by atoms with Gasteiger partial charge in [-0.25, -0.2) is 4.98 Å². The predicted octanol–water partition coefficient (Wildman–Crippen LogP) is 0.799. The van der Waals surface area contributed by atoms with E-state index in [0.717, 1.165) is 0 Å². The average Bonchev–Trinajstić information content (AvgIpc) is 2.86. The zero-order valence-electron chi connectivity index (χ0n) is 10.5. The van der Waals surface area contributed by atoms with Gasteiger partial charge in [0.1, 0.15) is 5.56 Å². The van der Waals surface area contributed by atoms with Crippen LogP contribution in [0.5, 0.6) is 0 Å². The third-order valence-electron chi connectivity index (χ3n) is 2.39. The highest BCUT2D eigenvalue weighted by atomic mass is 32.1. The molecule has 0 fully saturated rings. The number of rotatable bonds is 4. The Morgan fingerprint density at radius 1 is 1.50 bits per heavy atom. The zero-order valence-corrected chi connectivity index (χ0v) is 11.3. The van der Waals surface area contributed by atoms with Crippen molar-refractivity contribution in [2.24, 2.45) is 0 Å². The van der Waals surface area contributed by atoms with E-state index < -0.39 is 11.9 Å². The number of carbonyl (C=O) groups is 2. The number of ether oxygens (including phenoxy) is 1. The highest BCUT2D eigenvalue weighted by molar-refractivity contribution is 7.14. The second-order valence-electron chi connectivity index (χ2n) is 3.77. The van der Waals surface area contributed by atoms with Crippen molar-refractivity contribution in [2.45, 2.75) is 6.42 Å². The number of hydrogen-bond acceptors (Lipinski definition) is 6. The molecule has 7 nitrogen and oxygen atoms in total. The van der Waals surface area contributed by atoms with Gasteiger partial charge in [-0.2, -0.15) is 0 Å². The van der Waals surface area contributed by atoms with Crippen molar-refractivity contribution in [1.29, 1.82) is 0 Å². The minimum absolute atomic E-state index is 0.00258. The summed E-state index contributed by atoms with van der Waals surface area (Å²) < 4.78 is 4.52. The topological polar surface area (TPSA) is 101 Å². The summed E-state index contributed by atoms with van der Waals surface area (Å²) in [6.45, 7) is 0. The summed E-state index contributed by atoms with van der Waals surface area (Å²) in [5.74, 6) is -0.960. The molecule has 0 aliphatic heterocycles. The van der Waals surface area contributed by atoms with Crippen molar-refractivity contribution < 1.29 is 14.3 Å². The quantitative estimate of drug-likeness (QED) is 0.812. The van der Waals surface area contributed by atoms with E-state index in [1.165, 1.54) is 36.9 Å². The normalized spacial score (nSPS) is 10.1. The standard InChI is InChI=1S/C12H11N3O4S/c1-19-10(17)4-7-6-20-12(14-7)15-11(18)8-5-13-3-2-9(8)16/h2-3,5-6H,4H2,1H3,(H,13,16)(H,14,15,18). The van der Waals surface area contributed by atoms with E-state index >= 15 is 0 Å². The maximum absolute atomic E-state index is 11.9. The molecule has 0 aromatic carbocycles. The van der Waals surface area contributed by atoms with Crippen LogP contribution in [0.1, 0.15) is 16.1 Å². The number of pyridine rings is 1. The number of aromatic nitrogens is 2. The zero-order chi connectivity index (χ0) is 14.5. The van der Waals surface area contributed by atoms with Gasteiger partial charge in [0, 0.05) is 23.8 Å². The molecule has 2 N–H and O–H groups in total. The van der Waals surface area contributed by atoms with Gasteiger partial charge in [-0.1, -0.05) is 0 Å². The molecular weight excluding hydrogens is 282 g/mol. The fraction of sp³-hybridized carbons (Fsp3) is 0.167. The van der Waals surface area contributed by atoms with Crippen LogP contribution in [0, 0.1) is 0 Å². The summed E-state index contributed by atoms with van der Waals surface area (Å²) in [6, 6.07) is 1.26. The Labute approximate surface area is 117 Å². The second-order valence-corrected chi connectivity index (χ2v) is 4.63.